The van der Waals surface area contributed by atoms with Gasteiger partial charge in [0.2, 0.25) is 0 Å². The fourth-order valence-electron chi connectivity index (χ4n) is 5.78. The number of amides is 1. The molecule has 4 N–H and O–H groups in total. The van der Waals surface area contributed by atoms with E-state index in [9.17, 15) is 19.8 Å². The first-order valence-electron chi connectivity index (χ1n) is 15.5. The highest BCUT2D eigenvalue weighted by molar-refractivity contribution is 5.70. The molecule has 9 heteroatoms. The van der Waals surface area contributed by atoms with Gasteiger partial charge in [-0.05, 0) is 31.6 Å². The van der Waals surface area contributed by atoms with Crippen molar-refractivity contribution in [3.05, 3.63) is 48.6 Å². The highest BCUT2D eigenvalue weighted by Crippen LogP contribution is 2.29. The zero-order valence-electron chi connectivity index (χ0n) is 27.5. The van der Waals surface area contributed by atoms with Gasteiger partial charge in [-0.2, -0.15) is 0 Å². The molecule has 1 amide bonds. The minimum atomic E-state index is -0.874. The molecule has 0 saturated carbocycles. The summed E-state index contributed by atoms with van der Waals surface area (Å²) >= 11 is 0. The number of ether oxygens (including phenoxy) is 4. The van der Waals surface area contributed by atoms with E-state index in [1.807, 2.05) is 65.8 Å². The Hall–Kier alpha value is -2.46. The molecule has 0 bridgehead atoms. The summed E-state index contributed by atoms with van der Waals surface area (Å²) in [6, 6.07) is 0. The van der Waals surface area contributed by atoms with Gasteiger partial charge in [-0.25, -0.2) is 4.79 Å². The summed E-state index contributed by atoms with van der Waals surface area (Å²) in [7, 11) is 1.56. The molecule has 1 aliphatic heterocycles. The first kappa shape index (κ1) is 38.6. The lowest BCUT2D eigenvalue weighted by molar-refractivity contribution is -0.161. The number of cyclic esters (lactones) is 1. The topological polar surface area (TPSA) is 138 Å². The third-order valence-corrected chi connectivity index (χ3v) is 8.45. The van der Waals surface area contributed by atoms with Crippen LogP contribution in [0.5, 0.6) is 0 Å². The first-order chi connectivity index (χ1) is 20.2. The van der Waals surface area contributed by atoms with Gasteiger partial charge in [-0.15, -0.1) is 0 Å². The van der Waals surface area contributed by atoms with Gasteiger partial charge < -0.3 is 34.9 Å². The Morgan fingerprint density at radius 3 is 2.37 bits per heavy atom. The molecule has 1 heterocycles. The SMILES string of the molecule is C=C/C=C\[C@H](C)[C@H](OC(N)=O)[C@@H](C)[C@H](O)[C@@H](C)C/C(C)=C\[C@H](C)[C@@H](O)[C@@H](C)/C=C\[C@H](C[C@@H]1OC(=O)CC[C@H]1C)OCOC. The van der Waals surface area contributed by atoms with E-state index in [1.165, 1.54) is 0 Å². The van der Waals surface area contributed by atoms with E-state index >= 15 is 0 Å². The molecule has 11 atom stereocenters. The highest BCUT2D eigenvalue weighted by Gasteiger charge is 2.34. The van der Waals surface area contributed by atoms with E-state index < -0.39 is 24.4 Å². The summed E-state index contributed by atoms with van der Waals surface area (Å²) in [4.78, 5) is 23.4. The van der Waals surface area contributed by atoms with Crippen LogP contribution in [-0.2, 0) is 23.7 Å². The number of esters is 1. The third-order valence-electron chi connectivity index (χ3n) is 8.45. The van der Waals surface area contributed by atoms with Crippen LogP contribution in [0.25, 0.3) is 0 Å². The third kappa shape index (κ3) is 13.8. The maximum absolute atomic E-state index is 11.8. The molecule has 43 heavy (non-hydrogen) atoms. The van der Waals surface area contributed by atoms with Crippen molar-refractivity contribution in [3.8, 4) is 0 Å². The number of hydrogen-bond donors (Lipinski definition) is 3. The number of methoxy groups -OCH3 is 1. The van der Waals surface area contributed by atoms with E-state index in [-0.39, 0.29) is 60.5 Å². The molecular weight excluding hydrogens is 550 g/mol. The largest absolute Gasteiger partial charge is 0.462 e. The fraction of sp³-hybridized carbons (Fsp3) is 0.706. The Kier molecular flexibility index (Phi) is 17.7. The lowest BCUT2D eigenvalue weighted by atomic mass is 9.81. The van der Waals surface area contributed by atoms with Crippen LogP contribution in [0.4, 0.5) is 4.79 Å². The molecule has 1 saturated heterocycles. The number of aliphatic hydroxyl groups is 2. The summed E-state index contributed by atoms with van der Waals surface area (Å²) in [5, 5.41) is 22.2. The molecule has 1 fully saturated rings. The number of rotatable bonds is 19. The number of nitrogens with two attached hydrogens (primary N) is 1. The molecule has 1 rings (SSSR count). The van der Waals surface area contributed by atoms with Crippen molar-refractivity contribution in [1.29, 1.82) is 0 Å². The van der Waals surface area contributed by atoms with Crippen LogP contribution in [0.3, 0.4) is 0 Å². The number of allylic oxidation sites excluding steroid dienone is 3. The summed E-state index contributed by atoms with van der Waals surface area (Å²) in [6.07, 6.45) is 10.2. The zero-order chi connectivity index (χ0) is 32.7. The summed E-state index contributed by atoms with van der Waals surface area (Å²) in [6.45, 7) is 17.5. The van der Waals surface area contributed by atoms with Gasteiger partial charge in [0.25, 0.3) is 0 Å². The maximum atomic E-state index is 11.8. The molecule has 0 unspecified atom stereocenters. The average Bonchev–Trinajstić information content (AvgIpc) is 2.95. The van der Waals surface area contributed by atoms with E-state index in [2.05, 4.69) is 13.5 Å². The van der Waals surface area contributed by atoms with Crippen molar-refractivity contribution in [2.45, 2.75) is 105 Å². The van der Waals surface area contributed by atoms with Crippen LogP contribution < -0.4 is 5.73 Å². The van der Waals surface area contributed by atoms with Crippen molar-refractivity contribution >= 4 is 12.1 Å². The van der Waals surface area contributed by atoms with E-state index in [0.29, 0.717) is 19.3 Å². The van der Waals surface area contributed by atoms with Gasteiger partial charge in [0, 0.05) is 43.6 Å². The van der Waals surface area contributed by atoms with Crippen LogP contribution in [0.2, 0.25) is 0 Å². The van der Waals surface area contributed by atoms with Gasteiger partial charge >= 0.3 is 12.1 Å². The van der Waals surface area contributed by atoms with Gasteiger partial charge in [0.15, 0.2) is 0 Å². The van der Waals surface area contributed by atoms with Crippen molar-refractivity contribution in [2.75, 3.05) is 13.9 Å². The second kappa shape index (κ2) is 19.7. The van der Waals surface area contributed by atoms with E-state index in [0.717, 1.165) is 12.0 Å². The van der Waals surface area contributed by atoms with Gasteiger partial charge in [-0.3, -0.25) is 4.79 Å². The van der Waals surface area contributed by atoms with Crippen LogP contribution in [-0.4, -0.2) is 66.7 Å². The Morgan fingerprint density at radius 2 is 1.77 bits per heavy atom. The first-order valence-corrected chi connectivity index (χ1v) is 15.5. The fourth-order valence-corrected chi connectivity index (χ4v) is 5.78. The number of carbonyl (C=O) groups is 2. The zero-order valence-corrected chi connectivity index (χ0v) is 27.5. The minimum Gasteiger partial charge on any atom is -0.462 e. The molecule has 9 nitrogen and oxygen atoms in total. The van der Waals surface area contributed by atoms with E-state index in [4.69, 9.17) is 24.7 Å². The lowest BCUT2D eigenvalue weighted by Gasteiger charge is -2.33. The Labute approximate surface area is 259 Å². The van der Waals surface area contributed by atoms with Crippen LogP contribution in [0.15, 0.2) is 48.6 Å². The van der Waals surface area contributed by atoms with Crippen molar-refractivity contribution in [1.82, 2.24) is 0 Å². The van der Waals surface area contributed by atoms with Crippen LogP contribution in [0, 0.1) is 35.5 Å². The predicted molar refractivity (Wildman–Crippen MR) is 169 cm³/mol. The molecule has 0 aliphatic carbocycles. The Morgan fingerprint density at radius 1 is 1.09 bits per heavy atom. The van der Waals surface area contributed by atoms with Crippen molar-refractivity contribution in [2.24, 2.45) is 41.2 Å². The monoisotopic (exact) mass is 607 g/mol. The van der Waals surface area contributed by atoms with Gasteiger partial charge in [0.1, 0.15) is 19.0 Å². The standard InChI is InChI=1S/C34H57NO8/c1-10-11-12-24(5)33(43-34(35)39)27(8)32(38)26(7)18-21(2)17-25(6)31(37)23(4)13-15-28(41-20-40-9)19-29-22(3)14-16-30(36)42-29/h10-13,15,17,22-29,31-33,37-38H,1,14,16,18-20H2,2-9H3,(H2,35,39)/b12-11-,15-13-,21-17-/t22-,23+,24+,25+,26+,27+,28-,29+,31+,32-,33+/m1/s1. The lowest BCUT2D eigenvalue weighted by Crippen LogP contribution is -2.41. The molecule has 1 aliphatic rings. The molecule has 0 aromatic heterocycles. The smallest absolute Gasteiger partial charge is 0.404 e. The minimum absolute atomic E-state index is 0.113. The second-order valence-corrected chi connectivity index (χ2v) is 12.4. The van der Waals surface area contributed by atoms with Gasteiger partial charge in [-0.1, -0.05) is 90.2 Å². The van der Waals surface area contributed by atoms with Crippen LogP contribution >= 0.6 is 0 Å². The quantitative estimate of drug-likeness (QED) is 0.0735. The number of carbonyl (C=O) groups excluding carboxylic acids is 2. The predicted octanol–water partition coefficient (Wildman–Crippen LogP) is 5.71. The maximum Gasteiger partial charge on any atom is 0.404 e. The Balaban J connectivity index is 2.84. The van der Waals surface area contributed by atoms with Crippen molar-refractivity contribution < 1.29 is 38.7 Å². The summed E-state index contributed by atoms with van der Waals surface area (Å²) < 4.78 is 21.9. The van der Waals surface area contributed by atoms with E-state index in [1.54, 1.807) is 19.3 Å². The molecule has 0 aromatic rings. The normalized spacial score (nSPS) is 24.4. The number of aliphatic hydroxyl groups excluding tert-OH is 2. The molecule has 0 aromatic carbocycles. The summed E-state index contributed by atoms with van der Waals surface area (Å²) in [5.74, 6) is -0.891. The number of primary amides is 1. The average molecular weight is 608 g/mol. The Bertz CT molecular complexity index is 947. The summed E-state index contributed by atoms with van der Waals surface area (Å²) in [5.41, 5.74) is 6.36. The molecule has 246 valence electrons. The van der Waals surface area contributed by atoms with Gasteiger partial charge in [0.05, 0.1) is 18.3 Å². The highest BCUT2D eigenvalue weighted by atomic mass is 16.7. The molecule has 0 radical (unpaired) electrons. The second-order valence-electron chi connectivity index (χ2n) is 12.4. The molecule has 0 spiro atoms. The van der Waals surface area contributed by atoms with Crippen molar-refractivity contribution in [3.63, 3.8) is 0 Å². The molecular formula is C34H57NO8. The van der Waals surface area contributed by atoms with Crippen LogP contribution in [0.1, 0.15) is 74.1 Å². The number of hydrogen-bond acceptors (Lipinski definition) is 8.